The molecule has 0 spiro atoms. The van der Waals surface area contributed by atoms with Crippen LogP contribution in [0.2, 0.25) is 0 Å². The first kappa shape index (κ1) is 13.2. The Morgan fingerprint density at radius 2 is 1.75 bits per heavy atom. The minimum atomic E-state index is 0.639. The molecule has 1 heterocycles. The van der Waals surface area contributed by atoms with Crippen molar-refractivity contribution < 1.29 is 0 Å². The van der Waals surface area contributed by atoms with Gasteiger partial charge in [-0.3, -0.25) is 0 Å². The van der Waals surface area contributed by atoms with E-state index >= 15 is 0 Å². The van der Waals surface area contributed by atoms with Crippen molar-refractivity contribution in [2.45, 2.75) is 51.0 Å². The van der Waals surface area contributed by atoms with Crippen LogP contribution in [0.5, 0.6) is 0 Å². The topological polar surface area (TPSA) is 15.3 Å². The molecule has 4 saturated carbocycles. The average Bonchev–Trinajstić information content (AvgIpc) is 2.81. The highest BCUT2D eigenvalue weighted by molar-refractivity contribution is 5.03. The molecule has 2 heteroatoms. The number of terminal acetylenes is 1. The summed E-state index contributed by atoms with van der Waals surface area (Å²) in [4.78, 5) is 2.74. The molecule has 5 aliphatic rings. The Labute approximate surface area is 123 Å². The van der Waals surface area contributed by atoms with Crippen molar-refractivity contribution in [3.63, 3.8) is 0 Å². The summed E-state index contributed by atoms with van der Waals surface area (Å²) in [6, 6.07) is 0.639. The lowest BCUT2D eigenvalue weighted by atomic mass is 9.49. The molecular formula is C18H28N2. The summed E-state index contributed by atoms with van der Waals surface area (Å²) < 4.78 is 0. The van der Waals surface area contributed by atoms with Gasteiger partial charge in [0.1, 0.15) is 0 Å². The maximum atomic E-state index is 5.35. The second-order valence-electron chi connectivity index (χ2n) is 8.22. The fraction of sp³-hybridized carbons (Fsp3) is 0.889. The second-order valence-corrected chi connectivity index (χ2v) is 8.22. The number of nitrogens with zero attached hydrogens (tertiary/aromatic N) is 1. The molecule has 1 saturated heterocycles. The van der Waals surface area contributed by atoms with Crippen LogP contribution in [-0.4, -0.2) is 37.1 Å². The highest BCUT2D eigenvalue weighted by Crippen LogP contribution is 2.60. The smallest absolute Gasteiger partial charge is 0.0576 e. The normalized spacial score (nSPS) is 46.8. The van der Waals surface area contributed by atoms with Crippen molar-refractivity contribution in [1.29, 1.82) is 0 Å². The van der Waals surface area contributed by atoms with Crippen LogP contribution in [0.4, 0.5) is 0 Å². The summed E-state index contributed by atoms with van der Waals surface area (Å²) in [6.07, 6.45) is 15.9. The summed E-state index contributed by atoms with van der Waals surface area (Å²) in [5.41, 5.74) is 0.704. The van der Waals surface area contributed by atoms with Crippen molar-refractivity contribution in [2.24, 2.45) is 23.2 Å². The highest BCUT2D eigenvalue weighted by Gasteiger charge is 2.51. The lowest BCUT2D eigenvalue weighted by molar-refractivity contribution is -0.0666. The Morgan fingerprint density at radius 1 is 1.10 bits per heavy atom. The van der Waals surface area contributed by atoms with E-state index in [1.807, 2.05) is 0 Å². The van der Waals surface area contributed by atoms with Crippen LogP contribution in [0.15, 0.2) is 0 Å². The average molecular weight is 272 g/mol. The molecule has 1 unspecified atom stereocenters. The number of hydrogen-bond acceptors (Lipinski definition) is 2. The lowest BCUT2D eigenvalue weighted by Crippen LogP contribution is -2.51. The van der Waals surface area contributed by atoms with E-state index in [4.69, 9.17) is 6.42 Å². The summed E-state index contributed by atoms with van der Waals surface area (Å²) >= 11 is 0. The first-order valence-electron chi connectivity index (χ1n) is 8.64. The van der Waals surface area contributed by atoms with E-state index in [1.54, 1.807) is 38.5 Å². The van der Waals surface area contributed by atoms with Crippen molar-refractivity contribution in [1.82, 2.24) is 10.2 Å². The molecule has 110 valence electrons. The summed E-state index contributed by atoms with van der Waals surface area (Å²) in [5, 5.41) is 3.49. The van der Waals surface area contributed by atoms with Crippen LogP contribution in [-0.2, 0) is 0 Å². The molecule has 0 radical (unpaired) electrons. The molecule has 1 aliphatic heterocycles. The van der Waals surface area contributed by atoms with Gasteiger partial charge in [-0.15, -0.1) is 6.42 Å². The van der Waals surface area contributed by atoms with Gasteiger partial charge in [0.25, 0.3) is 0 Å². The zero-order valence-electron chi connectivity index (χ0n) is 12.6. The summed E-state index contributed by atoms with van der Waals surface area (Å²) in [6.45, 7) is 4.62. The third kappa shape index (κ3) is 2.40. The molecule has 4 aliphatic carbocycles. The van der Waals surface area contributed by atoms with Gasteiger partial charge in [-0.1, -0.05) is 5.92 Å². The highest BCUT2D eigenvalue weighted by atomic mass is 15.2. The largest absolute Gasteiger partial charge is 0.302 e. The molecule has 1 N–H and O–H groups in total. The molecule has 5 rings (SSSR count). The van der Waals surface area contributed by atoms with E-state index in [1.165, 1.54) is 26.1 Å². The maximum absolute atomic E-state index is 5.35. The van der Waals surface area contributed by atoms with Crippen LogP contribution in [0.3, 0.4) is 0 Å². The van der Waals surface area contributed by atoms with E-state index in [-0.39, 0.29) is 0 Å². The molecule has 0 aromatic carbocycles. The summed E-state index contributed by atoms with van der Waals surface area (Å²) in [5.74, 6) is 5.95. The van der Waals surface area contributed by atoms with Crippen LogP contribution in [0.25, 0.3) is 0 Å². The maximum Gasteiger partial charge on any atom is 0.0576 e. The molecule has 2 nitrogen and oxygen atoms in total. The van der Waals surface area contributed by atoms with Gasteiger partial charge in [-0.25, -0.2) is 0 Å². The number of hydrogen-bond donors (Lipinski definition) is 1. The Balaban J connectivity index is 1.37. The number of likely N-dealkylation sites (tertiary alicyclic amines) is 1. The van der Waals surface area contributed by atoms with Crippen LogP contribution >= 0.6 is 0 Å². The fourth-order valence-corrected chi connectivity index (χ4v) is 6.30. The predicted octanol–water partition coefficient (Wildman–Crippen LogP) is 2.50. The van der Waals surface area contributed by atoms with Gasteiger partial charge in [0.15, 0.2) is 0 Å². The second kappa shape index (κ2) is 5.04. The minimum absolute atomic E-state index is 0.639. The van der Waals surface area contributed by atoms with Gasteiger partial charge in [-0.05, 0) is 74.7 Å². The standard InChI is InChI=1S/C18H28N2/c1-2-4-19-17-3-5-20(12-17)13-18-9-14-6-15(10-18)8-16(7-14)11-18/h1,14-17,19H,3-13H2. The van der Waals surface area contributed by atoms with E-state index in [2.05, 4.69) is 16.1 Å². The molecule has 0 aromatic heterocycles. The molecule has 4 bridgehead atoms. The predicted molar refractivity (Wildman–Crippen MR) is 82.3 cm³/mol. The Bertz CT molecular complexity index is 373. The minimum Gasteiger partial charge on any atom is -0.302 e. The van der Waals surface area contributed by atoms with Crippen molar-refractivity contribution in [3.8, 4) is 12.3 Å². The zero-order chi connectivity index (χ0) is 13.6. The van der Waals surface area contributed by atoms with Gasteiger partial charge in [-0.2, -0.15) is 0 Å². The molecule has 0 amide bonds. The molecule has 5 fully saturated rings. The molecule has 20 heavy (non-hydrogen) atoms. The first-order valence-corrected chi connectivity index (χ1v) is 8.64. The Kier molecular flexibility index (Phi) is 3.32. The SMILES string of the molecule is C#CCNC1CCN(CC23CC4CC(CC(C4)C2)C3)C1. The van der Waals surface area contributed by atoms with E-state index < -0.39 is 0 Å². The quantitative estimate of drug-likeness (QED) is 0.791. The van der Waals surface area contributed by atoms with Crippen molar-refractivity contribution in [3.05, 3.63) is 0 Å². The lowest BCUT2D eigenvalue weighted by Gasteiger charge is -2.57. The number of nitrogens with one attached hydrogen (secondary N) is 1. The molecule has 1 atom stereocenters. The van der Waals surface area contributed by atoms with Crippen molar-refractivity contribution >= 4 is 0 Å². The van der Waals surface area contributed by atoms with Crippen LogP contribution in [0, 0.1) is 35.5 Å². The van der Waals surface area contributed by atoms with Gasteiger partial charge in [0.2, 0.25) is 0 Å². The molecule has 0 aromatic rings. The number of rotatable bonds is 4. The first-order chi connectivity index (χ1) is 9.75. The van der Waals surface area contributed by atoms with Gasteiger partial charge in [0, 0.05) is 19.1 Å². The Hall–Kier alpha value is -0.520. The van der Waals surface area contributed by atoms with Gasteiger partial charge < -0.3 is 10.2 Å². The van der Waals surface area contributed by atoms with Crippen LogP contribution < -0.4 is 5.32 Å². The monoisotopic (exact) mass is 272 g/mol. The zero-order valence-corrected chi connectivity index (χ0v) is 12.6. The molecular weight excluding hydrogens is 244 g/mol. The van der Waals surface area contributed by atoms with E-state index in [0.29, 0.717) is 11.5 Å². The Morgan fingerprint density at radius 3 is 2.35 bits per heavy atom. The van der Waals surface area contributed by atoms with E-state index in [9.17, 15) is 0 Å². The van der Waals surface area contributed by atoms with E-state index in [0.717, 1.165) is 24.3 Å². The van der Waals surface area contributed by atoms with Gasteiger partial charge >= 0.3 is 0 Å². The van der Waals surface area contributed by atoms with Crippen LogP contribution in [0.1, 0.15) is 44.9 Å². The third-order valence-corrected chi connectivity index (χ3v) is 6.49. The summed E-state index contributed by atoms with van der Waals surface area (Å²) in [7, 11) is 0. The van der Waals surface area contributed by atoms with Crippen molar-refractivity contribution in [2.75, 3.05) is 26.2 Å². The van der Waals surface area contributed by atoms with Gasteiger partial charge in [0.05, 0.1) is 6.54 Å². The fourth-order valence-electron chi connectivity index (χ4n) is 6.30. The third-order valence-electron chi connectivity index (χ3n) is 6.49.